The quantitative estimate of drug-likeness (QED) is 0.712. The van der Waals surface area contributed by atoms with E-state index in [-0.39, 0.29) is 17.9 Å². The largest absolute Gasteiger partial charge is 0.336 e. The summed E-state index contributed by atoms with van der Waals surface area (Å²) in [5.41, 5.74) is 8.20. The maximum absolute atomic E-state index is 13.2. The lowest BCUT2D eigenvalue weighted by Gasteiger charge is -2.41. The Morgan fingerprint density at radius 3 is 2.29 bits per heavy atom. The molecule has 1 fully saturated rings. The molecule has 1 saturated heterocycles. The Kier molecular flexibility index (Phi) is 5.22. The molecule has 1 amide bonds. The van der Waals surface area contributed by atoms with E-state index in [2.05, 4.69) is 40.7 Å². The third-order valence-corrected chi connectivity index (χ3v) is 5.91. The molecule has 3 aromatic carbocycles. The van der Waals surface area contributed by atoms with Gasteiger partial charge in [-0.15, -0.1) is 0 Å². The first kappa shape index (κ1) is 19.5. The molecule has 1 atom stereocenters. The maximum Gasteiger partial charge on any atom is 0.253 e. The average molecular weight is 414 g/mol. The molecule has 2 aliphatic heterocycles. The standard InChI is InChI=1S/C25H23FN4O/c26-20-12-10-19(11-13-20)25(31)30-16-14-29(15-17-30)24-22-9-5-4-8-21(22)23(27-28-24)18-6-2-1-3-7-18/h1-13,24,28H,14-17H2. The summed E-state index contributed by atoms with van der Waals surface area (Å²) < 4.78 is 13.2. The third kappa shape index (κ3) is 3.82. The molecule has 31 heavy (non-hydrogen) atoms. The Hall–Kier alpha value is -3.51. The molecule has 2 heterocycles. The SMILES string of the molecule is O=C(c1ccc(F)cc1)N1CCN(C2NN=C(c3ccccc3)c3ccccc32)CC1. The minimum absolute atomic E-state index is 0.0354. The van der Waals surface area contributed by atoms with E-state index in [0.29, 0.717) is 18.7 Å². The first-order valence-electron chi connectivity index (χ1n) is 10.5. The number of piperazine rings is 1. The van der Waals surface area contributed by atoms with E-state index < -0.39 is 0 Å². The van der Waals surface area contributed by atoms with E-state index in [1.54, 1.807) is 12.1 Å². The molecule has 156 valence electrons. The van der Waals surface area contributed by atoms with Gasteiger partial charge in [-0.3, -0.25) is 15.1 Å². The number of carbonyl (C=O) groups is 1. The van der Waals surface area contributed by atoms with Crippen LogP contribution < -0.4 is 5.43 Å². The number of amides is 1. The van der Waals surface area contributed by atoms with Gasteiger partial charge in [0, 0.05) is 42.9 Å². The fraction of sp³-hybridized carbons (Fsp3) is 0.200. The van der Waals surface area contributed by atoms with Crippen molar-refractivity contribution in [2.75, 3.05) is 26.2 Å². The molecule has 0 aromatic heterocycles. The zero-order chi connectivity index (χ0) is 21.2. The Morgan fingerprint density at radius 2 is 1.55 bits per heavy atom. The monoisotopic (exact) mass is 414 g/mol. The highest BCUT2D eigenvalue weighted by Crippen LogP contribution is 2.29. The van der Waals surface area contributed by atoms with Gasteiger partial charge < -0.3 is 4.90 Å². The van der Waals surface area contributed by atoms with Gasteiger partial charge in [0.05, 0.1) is 5.71 Å². The van der Waals surface area contributed by atoms with Crippen LogP contribution in [0.25, 0.3) is 0 Å². The van der Waals surface area contributed by atoms with Crippen LogP contribution in [0.2, 0.25) is 0 Å². The van der Waals surface area contributed by atoms with Crippen molar-refractivity contribution in [1.82, 2.24) is 15.2 Å². The fourth-order valence-electron chi connectivity index (χ4n) is 4.26. The van der Waals surface area contributed by atoms with Crippen LogP contribution in [0.15, 0.2) is 84.0 Å². The Labute approximate surface area is 180 Å². The summed E-state index contributed by atoms with van der Waals surface area (Å²) in [5, 5.41) is 4.72. The molecule has 5 rings (SSSR count). The third-order valence-electron chi connectivity index (χ3n) is 5.91. The van der Waals surface area contributed by atoms with Crippen LogP contribution in [0.3, 0.4) is 0 Å². The highest BCUT2D eigenvalue weighted by molar-refractivity contribution is 6.14. The van der Waals surface area contributed by atoms with Gasteiger partial charge in [-0.25, -0.2) is 4.39 Å². The lowest BCUT2D eigenvalue weighted by atomic mass is 9.94. The van der Waals surface area contributed by atoms with Crippen molar-refractivity contribution < 1.29 is 9.18 Å². The zero-order valence-corrected chi connectivity index (χ0v) is 17.0. The number of hydrazone groups is 1. The Morgan fingerprint density at radius 1 is 0.871 bits per heavy atom. The van der Waals surface area contributed by atoms with E-state index in [1.807, 2.05) is 29.2 Å². The summed E-state index contributed by atoms with van der Waals surface area (Å²) in [6, 6.07) is 24.3. The molecule has 1 unspecified atom stereocenters. The molecule has 1 N–H and O–H groups in total. The Balaban J connectivity index is 1.32. The van der Waals surface area contributed by atoms with Crippen molar-refractivity contribution in [3.63, 3.8) is 0 Å². The van der Waals surface area contributed by atoms with Gasteiger partial charge in [-0.1, -0.05) is 54.6 Å². The first-order valence-corrected chi connectivity index (χ1v) is 10.5. The molecule has 3 aromatic rings. The molecule has 2 aliphatic rings. The van der Waals surface area contributed by atoms with Crippen molar-refractivity contribution in [3.8, 4) is 0 Å². The van der Waals surface area contributed by atoms with Gasteiger partial charge in [-0.05, 0) is 29.8 Å². The molecule has 0 aliphatic carbocycles. The minimum atomic E-state index is -0.334. The molecule has 0 saturated carbocycles. The predicted molar refractivity (Wildman–Crippen MR) is 118 cm³/mol. The summed E-state index contributed by atoms with van der Waals surface area (Å²) in [6.07, 6.45) is -0.0354. The zero-order valence-electron chi connectivity index (χ0n) is 17.0. The fourth-order valence-corrected chi connectivity index (χ4v) is 4.26. The van der Waals surface area contributed by atoms with Crippen molar-refractivity contribution in [2.24, 2.45) is 5.10 Å². The number of carbonyl (C=O) groups excluding carboxylic acids is 1. The summed E-state index contributed by atoms with van der Waals surface area (Å²) in [6.45, 7) is 2.70. The van der Waals surface area contributed by atoms with Crippen molar-refractivity contribution in [3.05, 3.63) is 107 Å². The van der Waals surface area contributed by atoms with Crippen LogP contribution in [0, 0.1) is 5.82 Å². The summed E-state index contributed by atoms with van der Waals surface area (Å²) in [4.78, 5) is 16.9. The number of nitrogens with one attached hydrogen (secondary N) is 1. The number of nitrogens with zero attached hydrogens (tertiary/aromatic N) is 3. The Bertz CT molecular complexity index is 1110. The summed E-state index contributed by atoms with van der Waals surface area (Å²) >= 11 is 0. The molecular formula is C25H23FN4O. The van der Waals surface area contributed by atoms with Crippen LogP contribution in [0.4, 0.5) is 4.39 Å². The lowest BCUT2D eigenvalue weighted by molar-refractivity contribution is 0.0525. The van der Waals surface area contributed by atoms with Gasteiger partial charge >= 0.3 is 0 Å². The summed E-state index contributed by atoms with van der Waals surface area (Å²) in [7, 11) is 0. The van der Waals surface area contributed by atoms with Gasteiger partial charge in [0.15, 0.2) is 0 Å². The van der Waals surface area contributed by atoms with Crippen LogP contribution in [0.5, 0.6) is 0 Å². The second-order valence-corrected chi connectivity index (χ2v) is 7.78. The number of hydrogen-bond acceptors (Lipinski definition) is 4. The highest BCUT2D eigenvalue weighted by atomic mass is 19.1. The smallest absolute Gasteiger partial charge is 0.253 e. The molecule has 0 spiro atoms. The van der Waals surface area contributed by atoms with Crippen LogP contribution in [-0.4, -0.2) is 47.6 Å². The number of benzene rings is 3. The predicted octanol–water partition coefficient (Wildman–Crippen LogP) is 3.64. The minimum Gasteiger partial charge on any atom is -0.336 e. The van der Waals surface area contributed by atoms with Gasteiger partial charge in [0.1, 0.15) is 12.0 Å². The maximum atomic E-state index is 13.2. The topological polar surface area (TPSA) is 47.9 Å². The molecule has 0 radical (unpaired) electrons. The second kappa shape index (κ2) is 8.32. The van der Waals surface area contributed by atoms with Crippen molar-refractivity contribution in [1.29, 1.82) is 0 Å². The molecule has 0 bridgehead atoms. The summed E-state index contributed by atoms with van der Waals surface area (Å²) in [5.74, 6) is -0.389. The molecule has 6 heteroatoms. The average Bonchev–Trinajstić information content (AvgIpc) is 2.84. The van der Waals surface area contributed by atoms with Crippen molar-refractivity contribution >= 4 is 11.6 Å². The lowest BCUT2D eigenvalue weighted by Crippen LogP contribution is -2.52. The van der Waals surface area contributed by atoms with E-state index >= 15 is 0 Å². The van der Waals surface area contributed by atoms with E-state index in [4.69, 9.17) is 5.10 Å². The van der Waals surface area contributed by atoms with Crippen LogP contribution >= 0.6 is 0 Å². The van der Waals surface area contributed by atoms with E-state index in [9.17, 15) is 9.18 Å². The number of hydrogen-bond donors (Lipinski definition) is 1. The molecular weight excluding hydrogens is 391 g/mol. The van der Waals surface area contributed by atoms with Crippen LogP contribution in [-0.2, 0) is 0 Å². The van der Waals surface area contributed by atoms with Crippen molar-refractivity contribution in [2.45, 2.75) is 6.17 Å². The van der Waals surface area contributed by atoms with Gasteiger partial charge in [0.25, 0.3) is 5.91 Å². The van der Waals surface area contributed by atoms with Crippen LogP contribution in [0.1, 0.15) is 33.2 Å². The molecule has 5 nitrogen and oxygen atoms in total. The number of fused-ring (bicyclic) bond motifs is 1. The first-order chi connectivity index (χ1) is 15.2. The number of halogens is 1. The van der Waals surface area contributed by atoms with Gasteiger partial charge in [-0.2, -0.15) is 5.10 Å². The second-order valence-electron chi connectivity index (χ2n) is 7.78. The van der Waals surface area contributed by atoms with Gasteiger partial charge in [0.2, 0.25) is 0 Å². The van der Waals surface area contributed by atoms with E-state index in [0.717, 1.165) is 29.9 Å². The van der Waals surface area contributed by atoms with E-state index in [1.165, 1.54) is 17.7 Å². The number of rotatable bonds is 3. The highest BCUT2D eigenvalue weighted by Gasteiger charge is 2.31. The normalized spacial score (nSPS) is 18.7.